The third kappa shape index (κ3) is 3.69. The van der Waals surface area contributed by atoms with E-state index in [0.29, 0.717) is 6.04 Å². The summed E-state index contributed by atoms with van der Waals surface area (Å²) in [6.45, 7) is 6.11. The lowest BCUT2D eigenvalue weighted by Crippen LogP contribution is -2.50. The van der Waals surface area contributed by atoms with Gasteiger partial charge in [-0.2, -0.15) is 0 Å². The molecule has 18 heavy (non-hydrogen) atoms. The van der Waals surface area contributed by atoms with Crippen molar-refractivity contribution < 1.29 is 9.47 Å². The van der Waals surface area contributed by atoms with Crippen molar-refractivity contribution in [3.05, 3.63) is 0 Å². The molecule has 3 nitrogen and oxygen atoms in total. The predicted octanol–water partition coefficient (Wildman–Crippen LogP) is 2.88. The largest absolute Gasteiger partial charge is 0.377 e. The van der Waals surface area contributed by atoms with Crippen LogP contribution in [0.4, 0.5) is 0 Å². The maximum atomic E-state index is 6.12. The highest BCUT2D eigenvalue weighted by Crippen LogP contribution is 2.38. The van der Waals surface area contributed by atoms with Gasteiger partial charge in [0.15, 0.2) is 0 Å². The Labute approximate surface area is 112 Å². The summed E-state index contributed by atoms with van der Waals surface area (Å²) < 4.78 is 11.6. The molecule has 1 spiro atoms. The molecule has 0 aromatic carbocycles. The van der Waals surface area contributed by atoms with E-state index < -0.39 is 0 Å². The summed E-state index contributed by atoms with van der Waals surface area (Å²) in [5, 5.41) is 3.68. The summed E-state index contributed by atoms with van der Waals surface area (Å²) in [6.07, 6.45) is 8.93. The first kappa shape index (κ1) is 14.3. The highest BCUT2D eigenvalue weighted by atomic mass is 16.5. The molecule has 1 saturated heterocycles. The molecular formula is C15H29NO2. The molecule has 1 atom stereocenters. The summed E-state index contributed by atoms with van der Waals surface area (Å²) >= 11 is 0. The maximum absolute atomic E-state index is 6.12. The van der Waals surface area contributed by atoms with Crippen LogP contribution in [0.2, 0.25) is 0 Å². The van der Waals surface area contributed by atoms with E-state index in [0.717, 1.165) is 19.6 Å². The van der Waals surface area contributed by atoms with Gasteiger partial charge in [-0.3, -0.25) is 0 Å². The minimum absolute atomic E-state index is 0.0714. The van der Waals surface area contributed by atoms with Crippen LogP contribution in [0.3, 0.4) is 0 Å². The standard InChI is InChI=1S/C15H29NO2/c1-14(2,17-3)12-16-13-7-10-18-15(11-13)8-5-4-6-9-15/h13,16H,4-12H2,1-3H3. The van der Waals surface area contributed by atoms with Crippen LogP contribution in [0.5, 0.6) is 0 Å². The number of nitrogens with one attached hydrogen (secondary N) is 1. The molecule has 1 heterocycles. The zero-order chi connectivity index (χ0) is 13.1. The number of hydrogen-bond acceptors (Lipinski definition) is 3. The van der Waals surface area contributed by atoms with Gasteiger partial charge in [-0.15, -0.1) is 0 Å². The summed E-state index contributed by atoms with van der Waals surface area (Å²) in [7, 11) is 1.79. The van der Waals surface area contributed by atoms with Gasteiger partial charge in [0, 0.05) is 26.3 Å². The molecule has 1 saturated carbocycles. The molecule has 1 aliphatic carbocycles. The fourth-order valence-corrected chi connectivity index (χ4v) is 3.21. The number of ether oxygens (including phenoxy) is 2. The van der Waals surface area contributed by atoms with Crippen LogP contribution >= 0.6 is 0 Å². The first-order valence-corrected chi connectivity index (χ1v) is 7.48. The summed E-state index contributed by atoms with van der Waals surface area (Å²) in [6, 6.07) is 0.603. The number of methoxy groups -OCH3 is 1. The van der Waals surface area contributed by atoms with Gasteiger partial charge in [-0.25, -0.2) is 0 Å². The van der Waals surface area contributed by atoms with E-state index in [1.54, 1.807) is 7.11 Å². The second-order valence-electron chi connectivity index (χ2n) is 6.63. The van der Waals surface area contributed by atoms with E-state index in [1.165, 1.54) is 38.5 Å². The number of rotatable bonds is 4. The fraction of sp³-hybridized carbons (Fsp3) is 1.00. The van der Waals surface area contributed by atoms with Crippen LogP contribution in [-0.4, -0.2) is 37.5 Å². The smallest absolute Gasteiger partial charge is 0.0746 e. The topological polar surface area (TPSA) is 30.5 Å². The monoisotopic (exact) mass is 255 g/mol. The second-order valence-corrected chi connectivity index (χ2v) is 6.63. The summed E-state index contributed by atoms with van der Waals surface area (Å²) in [5.41, 5.74) is 0.128. The fourth-order valence-electron chi connectivity index (χ4n) is 3.21. The zero-order valence-electron chi connectivity index (χ0n) is 12.3. The Bertz CT molecular complexity index is 254. The average molecular weight is 255 g/mol. The first-order valence-electron chi connectivity index (χ1n) is 7.48. The van der Waals surface area contributed by atoms with E-state index in [9.17, 15) is 0 Å². The molecular weight excluding hydrogens is 226 g/mol. The first-order chi connectivity index (χ1) is 8.55. The van der Waals surface area contributed by atoms with Crippen molar-refractivity contribution in [3.8, 4) is 0 Å². The van der Waals surface area contributed by atoms with Crippen molar-refractivity contribution in [2.24, 2.45) is 0 Å². The highest BCUT2D eigenvalue weighted by Gasteiger charge is 2.38. The Balaban J connectivity index is 1.83. The summed E-state index contributed by atoms with van der Waals surface area (Å²) in [5.74, 6) is 0. The van der Waals surface area contributed by atoms with Gasteiger partial charge in [-0.05, 0) is 39.5 Å². The Morgan fingerprint density at radius 2 is 2.00 bits per heavy atom. The molecule has 1 aliphatic heterocycles. The van der Waals surface area contributed by atoms with Crippen LogP contribution in [-0.2, 0) is 9.47 Å². The van der Waals surface area contributed by atoms with Gasteiger partial charge in [-0.1, -0.05) is 19.3 Å². The van der Waals surface area contributed by atoms with Crippen LogP contribution < -0.4 is 5.32 Å². The van der Waals surface area contributed by atoms with E-state index in [1.807, 2.05) is 0 Å². The van der Waals surface area contributed by atoms with E-state index in [4.69, 9.17) is 9.47 Å². The van der Waals surface area contributed by atoms with Crippen molar-refractivity contribution in [2.45, 2.75) is 76.0 Å². The van der Waals surface area contributed by atoms with E-state index in [-0.39, 0.29) is 11.2 Å². The normalized spacial score (nSPS) is 28.5. The van der Waals surface area contributed by atoms with E-state index >= 15 is 0 Å². The van der Waals surface area contributed by atoms with E-state index in [2.05, 4.69) is 19.2 Å². The van der Waals surface area contributed by atoms with Crippen LogP contribution in [0, 0.1) is 0 Å². The molecule has 2 fully saturated rings. The van der Waals surface area contributed by atoms with Crippen molar-refractivity contribution in [3.63, 3.8) is 0 Å². The molecule has 2 rings (SSSR count). The van der Waals surface area contributed by atoms with Crippen molar-refractivity contribution in [2.75, 3.05) is 20.3 Å². The quantitative estimate of drug-likeness (QED) is 0.838. The molecule has 0 amide bonds. The Morgan fingerprint density at radius 1 is 1.28 bits per heavy atom. The van der Waals surface area contributed by atoms with Crippen molar-refractivity contribution >= 4 is 0 Å². The van der Waals surface area contributed by atoms with Gasteiger partial charge in [0.2, 0.25) is 0 Å². The Morgan fingerprint density at radius 3 is 2.67 bits per heavy atom. The van der Waals surface area contributed by atoms with Gasteiger partial charge in [0.25, 0.3) is 0 Å². The van der Waals surface area contributed by atoms with Crippen LogP contribution in [0.25, 0.3) is 0 Å². The predicted molar refractivity (Wildman–Crippen MR) is 73.9 cm³/mol. The lowest BCUT2D eigenvalue weighted by molar-refractivity contribution is -0.110. The number of hydrogen-bond donors (Lipinski definition) is 1. The molecule has 1 unspecified atom stereocenters. The Hall–Kier alpha value is -0.120. The van der Waals surface area contributed by atoms with Crippen LogP contribution in [0.1, 0.15) is 58.8 Å². The third-order valence-electron chi connectivity index (χ3n) is 4.63. The van der Waals surface area contributed by atoms with Gasteiger partial charge in [0.1, 0.15) is 0 Å². The summed E-state index contributed by atoms with van der Waals surface area (Å²) in [4.78, 5) is 0. The van der Waals surface area contributed by atoms with Gasteiger partial charge in [0.05, 0.1) is 11.2 Å². The average Bonchev–Trinajstić information content (AvgIpc) is 2.38. The highest BCUT2D eigenvalue weighted by molar-refractivity contribution is 4.92. The second kappa shape index (κ2) is 5.89. The molecule has 0 radical (unpaired) electrons. The molecule has 2 aliphatic rings. The molecule has 106 valence electrons. The van der Waals surface area contributed by atoms with Crippen molar-refractivity contribution in [1.82, 2.24) is 5.32 Å². The zero-order valence-corrected chi connectivity index (χ0v) is 12.3. The molecule has 0 bridgehead atoms. The van der Waals surface area contributed by atoms with Crippen molar-refractivity contribution in [1.29, 1.82) is 0 Å². The SMILES string of the molecule is COC(C)(C)CNC1CCOC2(CCCCC2)C1. The molecule has 3 heteroatoms. The lowest BCUT2D eigenvalue weighted by Gasteiger charge is -2.44. The molecule has 0 aromatic heterocycles. The van der Waals surface area contributed by atoms with Crippen LogP contribution in [0.15, 0.2) is 0 Å². The third-order valence-corrected chi connectivity index (χ3v) is 4.63. The minimum atomic E-state index is -0.0714. The maximum Gasteiger partial charge on any atom is 0.0746 e. The molecule has 0 aromatic rings. The molecule has 1 N–H and O–H groups in total. The van der Waals surface area contributed by atoms with Gasteiger partial charge < -0.3 is 14.8 Å². The Kier molecular flexibility index (Phi) is 4.68. The van der Waals surface area contributed by atoms with Gasteiger partial charge >= 0.3 is 0 Å². The minimum Gasteiger partial charge on any atom is -0.377 e. The lowest BCUT2D eigenvalue weighted by atomic mass is 9.78.